The van der Waals surface area contributed by atoms with Crippen LogP contribution in [0.3, 0.4) is 0 Å². The summed E-state index contributed by atoms with van der Waals surface area (Å²) in [5.74, 6) is -0.163. The summed E-state index contributed by atoms with van der Waals surface area (Å²) in [6.45, 7) is 4.17. The molecule has 0 bridgehead atoms. The maximum absolute atomic E-state index is 13.7. The average Bonchev–Trinajstić information content (AvgIpc) is 3.01. The highest BCUT2D eigenvalue weighted by atomic mass is 79.9. The molecule has 4 aromatic rings. The molecule has 1 amide bonds. The van der Waals surface area contributed by atoms with Gasteiger partial charge in [0.1, 0.15) is 5.58 Å². The van der Waals surface area contributed by atoms with E-state index in [0.717, 1.165) is 26.7 Å². The summed E-state index contributed by atoms with van der Waals surface area (Å²) >= 11 is 3.46. The molecule has 1 unspecified atom stereocenters. The van der Waals surface area contributed by atoms with E-state index in [1.807, 2.05) is 62.4 Å². The molecule has 3 heterocycles. The van der Waals surface area contributed by atoms with Gasteiger partial charge >= 0.3 is 0 Å². The quantitative estimate of drug-likeness (QED) is 0.403. The van der Waals surface area contributed by atoms with Crippen LogP contribution < -0.4 is 5.43 Å². The number of hydrogen-bond donors (Lipinski definition) is 0. The minimum atomic E-state index is -0.530. The number of carbonyl (C=O) groups is 1. The first-order valence-electron chi connectivity index (χ1n) is 9.97. The van der Waals surface area contributed by atoms with Gasteiger partial charge < -0.3 is 9.32 Å². The van der Waals surface area contributed by atoms with E-state index in [4.69, 9.17) is 4.42 Å². The number of fused-ring (bicyclic) bond motifs is 2. The van der Waals surface area contributed by atoms with Crippen LogP contribution in [0.2, 0.25) is 0 Å². The predicted molar refractivity (Wildman–Crippen MR) is 122 cm³/mol. The van der Waals surface area contributed by atoms with Gasteiger partial charge in [0.15, 0.2) is 5.43 Å². The topological polar surface area (TPSA) is 63.4 Å². The lowest BCUT2D eigenvalue weighted by atomic mass is 9.97. The number of aryl methyl sites for hydroxylation is 2. The Kier molecular flexibility index (Phi) is 4.74. The van der Waals surface area contributed by atoms with Gasteiger partial charge in [0.25, 0.3) is 5.91 Å². The second-order valence-electron chi connectivity index (χ2n) is 7.88. The number of carbonyl (C=O) groups excluding carboxylic acids is 1. The molecule has 1 aliphatic heterocycles. The number of amides is 1. The molecule has 0 N–H and O–H groups in total. The van der Waals surface area contributed by atoms with Gasteiger partial charge in [-0.25, -0.2) is 0 Å². The smallest absolute Gasteiger partial charge is 0.291 e. The molecule has 6 heteroatoms. The van der Waals surface area contributed by atoms with Crippen molar-refractivity contribution in [3.8, 4) is 0 Å². The van der Waals surface area contributed by atoms with E-state index in [2.05, 4.69) is 20.9 Å². The van der Waals surface area contributed by atoms with Crippen LogP contribution in [0.25, 0.3) is 11.0 Å². The standard InChI is InChI=1S/C25H19BrN2O3/c1-14-10-15(2)20-19(11-14)31-24-21(23(20)29)22(17-5-7-18(26)8-6-17)28(25(24)30)13-16-4-3-9-27-12-16/h3-12,22H,13H2,1-2H3. The third-order valence-electron chi connectivity index (χ3n) is 5.67. The number of rotatable bonds is 3. The lowest BCUT2D eigenvalue weighted by Crippen LogP contribution is -2.29. The Morgan fingerprint density at radius 1 is 1.10 bits per heavy atom. The Bertz CT molecular complexity index is 1380. The highest BCUT2D eigenvalue weighted by Gasteiger charge is 2.42. The zero-order valence-electron chi connectivity index (χ0n) is 17.1. The molecule has 0 aliphatic carbocycles. The van der Waals surface area contributed by atoms with Crippen LogP contribution in [0.15, 0.2) is 74.6 Å². The maximum Gasteiger partial charge on any atom is 0.291 e. The van der Waals surface area contributed by atoms with Crippen molar-refractivity contribution in [1.29, 1.82) is 0 Å². The maximum atomic E-state index is 13.7. The Hall–Kier alpha value is -3.25. The van der Waals surface area contributed by atoms with Gasteiger partial charge in [-0.3, -0.25) is 14.6 Å². The zero-order chi connectivity index (χ0) is 21.7. The largest absolute Gasteiger partial charge is 0.450 e. The summed E-state index contributed by atoms with van der Waals surface area (Å²) in [6.07, 6.45) is 3.42. The molecule has 31 heavy (non-hydrogen) atoms. The van der Waals surface area contributed by atoms with Crippen molar-refractivity contribution >= 4 is 32.8 Å². The van der Waals surface area contributed by atoms with Crippen molar-refractivity contribution < 1.29 is 9.21 Å². The Labute approximate surface area is 187 Å². The number of benzene rings is 2. The highest BCUT2D eigenvalue weighted by molar-refractivity contribution is 9.10. The molecule has 1 aliphatic rings. The number of aromatic nitrogens is 1. The van der Waals surface area contributed by atoms with Crippen LogP contribution in [0.4, 0.5) is 0 Å². The first-order valence-corrected chi connectivity index (χ1v) is 10.8. The summed E-state index contributed by atoms with van der Waals surface area (Å²) < 4.78 is 7.01. The third-order valence-corrected chi connectivity index (χ3v) is 6.20. The monoisotopic (exact) mass is 474 g/mol. The van der Waals surface area contributed by atoms with Crippen LogP contribution in [-0.4, -0.2) is 15.8 Å². The van der Waals surface area contributed by atoms with E-state index in [1.54, 1.807) is 17.3 Å². The lowest BCUT2D eigenvalue weighted by Gasteiger charge is -2.25. The summed E-state index contributed by atoms with van der Waals surface area (Å²) in [5, 5.41) is 0.530. The average molecular weight is 475 g/mol. The Morgan fingerprint density at radius 3 is 2.58 bits per heavy atom. The van der Waals surface area contributed by atoms with E-state index in [-0.39, 0.29) is 17.1 Å². The van der Waals surface area contributed by atoms with Gasteiger partial charge in [0.2, 0.25) is 5.76 Å². The van der Waals surface area contributed by atoms with E-state index in [0.29, 0.717) is 23.1 Å². The minimum absolute atomic E-state index is 0.124. The second-order valence-corrected chi connectivity index (χ2v) is 8.79. The van der Waals surface area contributed by atoms with Crippen LogP contribution in [0.5, 0.6) is 0 Å². The van der Waals surface area contributed by atoms with Crippen LogP contribution in [-0.2, 0) is 6.54 Å². The lowest BCUT2D eigenvalue weighted by molar-refractivity contribution is 0.0714. The molecule has 5 rings (SSSR count). The molecule has 2 aromatic heterocycles. The molecule has 154 valence electrons. The number of halogens is 1. The molecule has 0 radical (unpaired) electrons. The summed E-state index contributed by atoms with van der Waals surface area (Å²) in [4.78, 5) is 33.0. The van der Waals surface area contributed by atoms with Gasteiger partial charge in [-0.05, 0) is 60.4 Å². The molecule has 0 fully saturated rings. The van der Waals surface area contributed by atoms with Gasteiger partial charge in [-0.1, -0.05) is 40.2 Å². The Balaban J connectivity index is 1.76. The number of nitrogens with zero attached hydrogens (tertiary/aromatic N) is 2. The van der Waals surface area contributed by atoms with Crippen molar-refractivity contribution in [2.24, 2.45) is 0 Å². The highest BCUT2D eigenvalue weighted by Crippen LogP contribution is 2.39. The fraction of sp³-hybridized carbons (Fsp3) is 0.160. The number of hydrogen-bond acceptors (Lipinski definition) is 4. The first kappa shape index (κ1) is 19.7. The van der Waals surface area contributed by atoms with Gasteiger partial charge in [0, 0.05) is 23.4 Å². The van der Waals surface area contributed by atoms with Crippen LogP contribution in [0, 0.1) is 13.8 Å². The van der Waals surface area contributed by atoms with E-state index in [1.165, 1.54) is 0 Å². The third kappa shape index (κ3) is 3.27. The molecule has 1 atom stereocenters. The molecule has 2 aromatic carbocycles. The Morgan fingerprint density at radius 2 is 1.87 bits per heavy atom. The van der Waals surface area contributed by atoms with Crippen molar-refractivity contribution in [3.05, 3.63) is 109 Å². The SMILES string of the molecule is Cc1cc(C)c2c(=O)c3c(oc2c1)C(=O)N(Cc1cccnc1)C3c1ccc(Br)cc1. The molecule has 5 nitrogen and oxygen atoms in total. The van der Waals surface area contributed by atoms with E-state index in [9.17, 15) is 9.59 Å². The van der Waals surface area contributed by atoms with Crippen LogP contribution >= 0.6 is 15.9 Å². The molecular formula is C25H19BrN2O3. The molecule has 0 saturated carbocycles. The zero-order valence-corrected chi connectivity index (χ0v) is 18.6. The van der Waals surface area contributed by atoms with Crippen molar-refractivity contribution in [2.75, 3.05) is 0 Å². The van der Waals surface area contributed by atoms with E-state index >= 15 is 0 Å². The molecule has 0 spiro atoms. The number of pyridine rings is 1. The molecule has 0 saturated heterocycles. The fourth-order valence-corrected chi connectivity index (χ4v) is 4.62. The van der Waals surface area contributed by atoms with E-state index < -0.39 is 6.04 Å². The second kappa shape index (κ2) is 7.46. The van der Waals surface area contributed by atoms with Gasteiger partial charge in [0.05, 0.1) is 17.0 Å². The fourth-order valence-electron chi connectivity index (χ4n) is 4.36. The molecular weight excluding hydrogens is 456 g/mol. The normalized spacial score (nSPS) is 15.5. The first-order chi connectivity index (χ1) is 14.9. The van der Waals surface area contributed by atoms with Crippen molar-refractivity contribution in [1.82, 2.24) is 9.88 Å². The van der Waals surface area contributed by atoms with Crippen molar-refractivity contribution in [3.63, 3.8) is 0 Å². The minimum Gasteiger partial charge on any atom is -0.450 e. The predicted octanol–water partition coefficient (Wildman–Crippen LogP) is 5.31. The van der Waals surface area contributed by atoms with Crippen molar-refractivity contribution in [2.45, 2.75) is 26.4 Å². The summed E-state index contributed by atoms with van der Waals surface area (Å²) in [7, 11) is 0. The summed E-state index contributed by atoms with van der Waals surface area (Å²) in [5.41, 5.74) is 4.27. The van der Waals surface area contributed by atoms with Crippen LogP contribution in [0.1, 0.15) is 44.4 Å². The van der Waals surface area contributed by atoms with Gasteiger partial charge in [-0.15, -0.1) is 0 Å². The summed E-state index contributed by atoms with van der Waals surface area (Å²) in [6, 6.07) is 14.7. The van der Waals surface area contributed by atoms with Gasteiger partial charge in [-0.2, -0.15) is 0 Å².